The SMILES string of the molecule is CCC(=O)N1CCC(Nc2c(C#N)cnc3ccc(OC(F)F)cc23)C1. The molecule has 0 spiro atoms. The average Bonchev–Trinajstić information content (AvgIpc) is 3.09. The van der Waals surface area contributed by atoms with Gasteiger partial charge in [0.15, 0.2) is 0 Å². The molecule has 1 aliphatic heterocycles. The van der Waals surface area contributed by atoms with Gasteiger partial charge in [0.05, 0.1) is 16.8 Å². The Morgan fingerprint density at radius 2 is 2.35 bits per heavy atom. The van der Waals surface area contributed by atoms with Crippen LogP contribution in [0.1, 0.15) is 25.3 Å². The van der Waals surface area contributed by atoms with Gasteiger partial charge in [-0.05, 0) is 24.6 Å². The highest BCUT2D eigenvalue weighted by Gasteiger charge is 2.26. The first-order chi connectivity index (χ1) is 12.5. The van der Waals surface area contributed by atoms with E-state index in [4.69, 9.17) is 0 Å². The molecule has 1 N–H and O–H groups in total. The van der Waals surface area contributed by atoms with Gasteiger partial charge in [-0.15, -0.1) is 0 Å². The first kappa shape index (κ1) is 17.9. The number of anilines is 1. The molecule has 1 aromatic carbocycles. The van der Waals surface area contributed by atoms with Crippen molar-refractivity contribution in [1.29, 1.82) is 5.26 Å². The van der Waals surface area contributed by atoms with E-state index in [9.17, 15) is 18.8 Å². The van der Waals surface area contributed by atoms with Crippen molar-refractivity contribution >= 4 is 22.5 Å². The normalized spacial score (nSPS) is 16.7. The van der Waals surface area contributed by atoms with E-state index in [1.165, 1.54) is 18.3 Å². The lowest BCUT2D eigenvalue weighted by Gasteiger charge is -2.19. The van der Waals surface area contributed by atoms with E-state index in [2.05, 4.69) is 21.1 Å². The Labute approximate surface area is 149 Å². The van der Waals surface area contributed by atoms with Gasteiger partial charge in [0.1, 0.15) is 11.8 Å². The fraction of sp³-hybridized carbons (Fsp3) is 0.389. The lowest BCUT2D eigenvalue weighted by atomic mass is 10.1. The molecule has 136 valence electrons. The Balaban J connectivity index is 1.93. The quantitative estimate of drug-likeness (QED) is 0.886. The Hall–Kier alpha value is -2.95. The zero-order chi connectivity index (χ0) is 18.7. The molecule has 0 saturated carbocycles. The van der Waals surface area contributed by atoms with Crippen LogP contribution in [0.4, 0.5) is 14.5 Å². The molecule has 0 bridgehead atoms. The number of aromatic nitrogens is 1. The summed E-state index contributed by atoms with van der Waals surface area (Å²) in [5.74, 6) is 0.0867. The highest BCUT2D eigenvalue weighted by molar-refractivity contribution is 5.95. The minimum Gasteiger partial charge on any atom is -0.435 e. The number of likely N-dealkylation sites (tertiary alicyclic amines) is 1. The van der Waals surface area contributed by atoms with Crippen LogP contribution in [0.3, 0.4) is 0 Å². The van der Waals surface area contributed by atoms with Gasteiger partial charge in [-0.1, -0.05) is 6.92 Å². The second-order valence-corrected chi connectivity index (χ2v) is 6.04. The van der Waals surface area contributed by atoms with Crippen LogP contribution in [-0.2, 0) is 4.79 Å². The number of rotatable bonds is 5. The number of amides is 1. The number of carbonyl (C=O) groups is 1. The van der Waals surface area contributed by atoms with Crippen molar-refractivity contribution in [1.82, 2.24) is 9.88 Å². The van der Waals surface area contributed by atoms with Crippen LogP contribution in [0, 0.1) is 11.3 Å². The fourth-order valence-electron chi connectivity index (χ4n) is 3.12. The molecule has 2 heterocycles. The van der Waals surface area contributed by atoms with Crippen LogP contribution < -0.4 is 10.1 Å². The van der Waals surface area contributed by atoms with Crippen LogP contribution in [0.5, 0.6) is 5.75 Å². The highest BCUT2D eigenvalue weighted by atomic mass is 19.3. The predicted octanol–water partition coefficient (Wildman–Crippen LogP) is 3.13. The summed E-state index contributed by atoms with van der Waals surface area (Å²) in [4.78, 5) is 17.8. The van der Waals surface area contributed by atoms with Crippen molar-refractivity contribution in [3.63, 3.8) is 0 Å². The van der Waals surface area contributed by atoms with Gasteiger partial charge >= 0.3 is 6.61 Å². The molecular weight excluding hydrogens is 342 g/mol. The molecule has 0 radical (unpaired) electrons. The Morgan fingerprint density at radius 1 is 1.54 bits per heavy atom. The number of halogens is 2. The second kappa shape index (κ2) is 7.52. The molecule has 3 rings (SSSR count). The van der Waals surface area contributed by atoms with Crippen molar-refractivity contribution < 1.29 is 18.3 Å². The number of nitriles is 1. The molecule has 2 aromatic rings. The van der Waals surface area contributed by atoms with Crippen molar-refractivity contribution in [2.24, 2.45) is 0 Å². The van der Waals surface area contributed by atoms with Gasteiger partial charge in [-0.2, -0.15) is 14.0 Å². The number of pyridine rings is 1. The van der Waals surface area contributed by atoms with Crippen LogP contribution in [0.15, 0.2) is 24.4 Å². The summed E-state index contributed by atoms with van der Waals surface area (Å²) in [7, 11) is 0. The van der Waals surface area contributed by atoms with Crippen LogP contribution >= 0.6 is 0 Å². The molecule has 6 nitrogen and oxygen atoms in total. The Kier molecular flexibility index (Phi) is 5.16. The summed E-state index contributed by atoms with van der Waals surface area (Å²) >= 11 is 0. The number of ether oxygens (including phenoxy) is 1. The van der Waals surface area contributed by atoms with Gasteiger partial charge in [-0.3, -0.25) is 9.78 Å². The third-order valence-corrected chi connectivity index (χ3v) is 4.38. The van der Waals surface area contributed by atoms with Gasteiger partial charge in [-0.25, -0.2) is 0 Å². The van der Waals surface area contributed by atoms with Crippen molar-refractivity contribution in [3.05, 3.63) is 30.0 Å². The van der Waals surface area contributed by atoms with E-state index in [-0.39, 0.29) is 17.7 Å². The molecule has 1 aromatic heterocycles. The van der Waals surface area contributed by atoms with E-state index in [0.717, 1.165) is 6.42 Å². The molecule has 8 heteroatoms. The maximum atomic E-state index is 12.5. The molecule has 1 unspecified atom stereocenters. The fourth-order valence-corrected chi connectivity index (χ4v) is 3.12. The van der Waals surface area contributed by atoms with E-state index < -0.39 is 6.61 Å². The Bertz CT molecular complexity index is 866. The van der Waals surface area contributed by atoms with Crippen LogP contribution in [0.2, 0.25) is 0 Å². The smallest absolute Gasteiger partial charge is 0.387 e. The lowest BCUT2D eigenvalue weighted by Crippen LogP contribution is -2.31. The van der Waals surface area contributed by atoms with Crippen molar-refractivity contribution in [3.8, 4) is 11.8 Å². The summed E-state index contributed by atoms with van der Waals surface area (Å²) in [5.41, 5.74) is 1.40. The number of hydrogen-bond acceptors (Lipinski definition) is 5. The maximum Gasteiger partial charge on any atom is 0.387 e. The number of hydrogen-bond donors (Lipinski definition) is 1. The third-order valence-electron chi connectivity index (χ3n) is 4.38. The molecule has 0 aliphatic carbocycles. The first-order valence-electron chi connectivity index (χ1n) is 8.33. The monoisotopic (exact) mass is 360 g/mol. The minimum absolute atomic E-state index is 0.00153. The van der Waals surface area contributed by atoms with Gasteiger partial charge in [0, 0.05) is 37.1 Å². The standard InChI is InChI=1S/C18H18F2N4O2/c1-2-16(25)24-6-5-12(10-24)23-17-11(8-21)9-22-15-4-3-13(7-14(15)17)26-18(19)20/h3-4,7,9,12,18H,2,5-6,10H2,1H3,(H,22,23). The van der Waals surface area contributed by atoms with Gasteiger partial charge in [0.25, 0.3) is 0 Å². The first-order valence-corrected chi connectivity index (χ1v) is 8.33. The molecular formula is C18H18F2N4O2. The topological polar surface area (TPSA) is 78.3 Å². The second-order valence-electron chi connectivity index (χ2n) is 6.04. The molecule has 26 heavy (non-hydrogen) atoms. The largest absolute Gasteiger partial charge is 0.435 e. The van der Waals surface area contributed by atoms with E-state index in [1.54, 1.807) is 11.0 Å². The van der Waals surface area contributed by atoms with Crippen molar-refractivity contribution in [2.75, 3.05) is 18.4 Å². The van der Waals surface area contributed by atoms with Crippen LogP contribution in [0.25, 0.3) is 10.9 Å². The summed E-state index contributed by atoms with van der Waals surface area (Å²) in [6.45, 7) is 0.0702. The van der Waals surface area contributed by atoms with E-state index >= 15 is 0 Å². The number of alkyl halides is 2. The van der Waals surface area contributed by atoms with Gasteiger partial charge < -0.3 is 15.0 Å². The van der Waals surface area contributed by atoms with Crippen LogP contribution in [-0.4, -0.2) is 41.5 Å². The Morgan fingerprint density at radius 3 is 3.04 bits per heavy atom. The molecule has 1 aliphatic rings. The summed E-state index contributed by atoms with van der Waals surface area (Å²) in [5, 5.41) is 13.2. The van der Waals surface area contributed by atoms with E-state index in [0.29, 0.717) is 41.7 Å². The molecule has 1 atom stereocenters. The summed E-state index contributed by atoms with van der Waals surface area (Å²) < 4.78 is 29.5. The predicted molar refractivity (Wildman–Crippen MR) is 92.0 cm³/mol. The minimum atomic E-state index is -2.93. The number of fused-ring (bicyclic) bond motifs is 1. The highest BCUT2D eigenvalue weighted by Crippen LogP contribution is 2.31. The third kappa shape index (κ3) is 3.67. The maximum absolute atomic E-state index is 12.5. The van der Waals surface area contributed by atoms with E-state index in [1.807, 2.05) is 6.92 Å². The lowest BCUT2D eigenvalue weighted by molar-refractivity contribution is -0.129. The zero-order valence-electron chi connectivity index (χ0n) is 14.2. The number of benzene rings is 1. The number of nitrogens with zero attached hydrogens (tertiary/aromatic N) is 3. The van der Waals surface area contributed by atoms with Crippen molar-refractivity contribution in [2.45, 2.75) is 32.4 Å². The summed E-state index contributed by atoms with van der Waals surface area (Å²) in [6, 6.07) is 6.48. The summed E-state index contributed by atoms with van der Waals surface area (Å²) in [6.07, 6.45) is 2.64. The van der Waals surface area contributed by atoms with Gasteiger partial charge in [0.2, 0.25) is 5.91 Å². The molecule has 1 fully saturated rings. The molecule has 1 amide bonds. The number of carbonyl (C=O) groups excluding carboxylic acids is 1. The number of nitrogens with one attached hydrogen (secondary N) is 1. The average molecular weight is 360 g/mol. The zero-order valence-corrected chi connectivity index (χ0v) is 14.2. The molecule has 1 saturated heterocycles.